The van der Waals surface area contributed by atoms with Gasteiger partial charge in [-0.05, 0) is 66.4 Å². The molecular weight excluding hydrogens is 406 g/mol. The van der Waals surface area contributed by atoms with E-state index in [1.54, 1.807) is 11.3 Å². The molecule has 4 aromatic rings. The first-order chi connectivity index (χ1) is 15.2. The maximum absolute atomic E-state index is 13.6. The Balaban J connectivity index is 1.53. The minimum Gasteiger partial charge on any atom is -0.494 e. The quantitative estimate of drug-likeness (QED) is 0.428. The maximum atomic E-state index is 13.6. The predicted octanol–water partition coefficient (Wildman–Crippen LogP) is 6.07. The Kier molecular flexibility index (Phi) is 5.22. The Labute approximate surface area is 185 Å². The number of thiophene rings is 1. The first-order valence-corrected chi connectivity index (χ1v) is 11.2. The second-order valence-corrected chi connectivity index (χ2v) is 8.34. The summed E-state index contributed by atoms with van der Waals surface area (Å²) in [6.45, 7) is 3.08. The molecule has 0 fully saturated rings. The van der Waals surface area contributed by atoms with Crippen LogP contribution in [0.25, 0.3) is 5.69 Å². The Morgan fingerprint density at radius 1 is 1.06 bits per heavy atom. The van der Waals surface area contributed by atoms with Crippen molar-refractivity contribution in [2.24, 2.45) is 0 Å². The first kappa shape index (κ1) is 19.5. The molecule has 0 radical (unpaired) electrons. The lowest BCUT2D eigenvalue weighted by Gasteiger charge is -2.30. The smallest absolute Gasteiger partial charge is 0.323 e. The highest BCUT2D eigenvalue weighted by Gasteiger charge is 2.33. The minimum atomic E-state index is -0.176. The fourth-order valence-electron chi connectivity index (χ4n) is 4.08. The Bertz CT molecular complexity index is 1180. The van der Waals surface area contributed by atoms with Crippen LogP contribution < -0.4 is 10.1 Å². The number of para-hydroxylation sites is 1. The summed E-state index contributed by atoms with van der Waals surface area (Å²) in [6, 6.07) is 23.7. The third-order valence-corrected chi connectivity index (χ3v) is 6.38. The molecule has 1 aliphatic rings. The summed E-state index contributed by atoms with van der Waals surface area (Å²) in [6.07, 6.45) is 2.07. The van der Waals surface area contributed by atoms with Crippen LogP contribution in [0.2, 0.25) is 0 Å². The van der Waals surface area contributed by atoms with Gasteiger partial charge in [0, 0.05) is 16.8 Å². The molecule has 5 nitrogen and oxygen atoms in total. The molecular formula is C25H23N3O2S. The molecule has 2 amide bonds. The van der Waals surface area contributed by atoms with Gasteiger partial charge < -0.3 is 19.5 Å². The monoisotopic (exact) mass is 429 g/mol. The van der Waals surface area contributed by atoms with Gasteiger partial charge in [0.05, 0.1) is 24.5 Å². The number of nitrogens with zero attached hydrogens (tertiary/aromatic N) is 2. The number of urea groups is 1. The van der Waals surface area contributed by atoms with E-state index in [9.17, 15) is 4.79 Å². The molecule has 1 atom stereocenters. The third kappa shape index (κ3) is 3.70. The highest BCUT2D eigenvalue weighted by molar-refractivity contribution is 7.10. The molecule has 1 aliphatic heterocycles. The Morgan fingerprint density at radius 3 is 2.68 bits per heavy atom. The van der Waals surface area contributed by atoms with Gasteiger partial charge in [-0.2, -0.15) is 0 Å². The number of fused-ring (bicyclic) bond motifs is 3. The fourth-order valence-corrected chi connectivity index (χ4v) is 4.93. The lowest BCUT2D eigenvalue weighted by Crippen LogP contribution is -2.37. The zero-order valence-corrected chi connectivity index (χ0v) is 18.0. The number of aromatic nitrogens is 1. The standard InChI is InChI=1S/C25H23N3O2S/c1-2-30-20-13-11-19(12-14-20)26-25(29)28-17-18-7-3-4-8-21(18)27-15-5-9-22(27)24(28)23-10-6-16-31-23/h3-16,24H,2,17H2,1H3,(H,26,29)/t24-/m0/s1. The predicted molar refractivity (Wildman–Crippen MR) is 124 cm³/mol. The summed E-state index contributed by atoms with van der Waals surface area (Å²) in [5.41, 5.74) is 4.04. The molecule has 0 saturated carbocycles. The minimum absolute atomic E-state index is 0.132. The zero-order valence-electron chi connectivity index (χ0n) is 17.2. The number of rotatable bonds is 4. The summed E-state index contributed by atoms with van der Waals surface area (Å²) in [7, 11) is 0. The first-order valence-electron chi connectivity index (χ1n) is 10.3. The maximum Gasteiger partial charge on any atom is 0.323 e. The van der Waals surface area contributed by atoms with E-state index in [4.69, 9.17) is 4.74 Å². The van der Waals surface area contributed by atoms with Gasteiger partial charge in [0.1, 0.15) is 11.8 Å². The number of carbonyl (C=O) groups excluding carboxylic acids is 1. The van der Waals surface area contributed by atoms with Crippen molar-refractivity contribution in [3.8, 4) is 11.4 Å². The average molecular weight is 430 g/mol. The van der Waals surface area contributed by atoms with Crippen LogP contribution in [0.3, 0.4) is 0 Å². The molecule has 0 unspecified atom stereocenters. The number of carbonyl (C=O) groups is 1. The molecule has 3 heterocycles. The molecule has 0 saturated heterocycles. The van der Waals surface area contributed by atoms with E-state index in [0.717, 1.165) is 33.3 Å². The number of ether oxygens (including phenoxy) is 1. The van der Waals surface area contributed by atoms with Crippen molar-refractivity contribution in [1.82, 2.24) is 9.47 Å². The van der Waals surface area contributed by atoms with Gasteiger partial charge in [0.25, 0.3) is 0 Å². The molecule has 5 rings (SSSR count). The van der Waals surface area contributed by atoms with Crippen molar-refractivity contribution in [2.75, 3.05) is 11.9 Å². The molecule has 6 heteroatoms. The van der Waals surface area contributed by atoms with Gasteiger partial charge in [-0.3, -0.25) is 0 Å². The van der Waals surface area contributed by atoms with Crippen LogP contribution in [0.15, 0.2) is 84.4 Å². The molecule has 0 bridgehead atoms. The van der Waals surface area contributed by atoms with E-state index in [0.29, 0.717) is 13.2 Å². The zero-order chi connectivity index (χ0) is 21.2. The van der Waals surface area contributed by atoms with Crippen molar-refractivity contribution >= 4 is 23.1 Å². The molecule has 156 valence electrons. The van der Waals surface area contributed by atoms with Crippen molar-refractivity contribution < 1.29 is 9.53 Å². The van der Waals surface area contributed by atoms with E-state index in [1.165, 1.54) is 0 Å². The molecule has 2 aromatic heterocycles. The summed E-state index contributed by atoms with van der Waals surface area (Å²) < 4.78 is 7.71. The van der Waals surface area contributed by atoms with Gasteiger partial charge in [-0.25, -0.2) is 4.79 Å². The van der Waals surface area contributed by atoms with E-state index in [-0.39, 0.29) is 12.1 Å². The van der Waals surface area contributed by atoms with Gasteiger partial charge in [0.15, 0.2) is 0 Å². The molecule has 2 aromatic carbocycles. The lowest BCUT2D eigenvalue weighted by atomic mass is 10.1. The van der Waals surface area contributed by atoms with Gasteiger partial charge in [-0.1, -0.05) is 24.3 Å². The highest BCUT2D eigenvalue weighted by Crippen LogP contribution is 2.38. The topological polar surface area (TPSA) is 46.5 Å². The highest BCUT2D eigenvalue weighted by atomic mass is 32.1. The summed E-state index contributed by atoms with van der Waals surface area (Å²) in [5.74, 6) is 0.790. The SMILES string of the molecule is CCOc1ccc(NC(=O)N2Cc3ccccc3-n3cccc3[C@H]2c2cccs2)cc1. The van der Waals surface area contributed by atoms with Crippen LogP contribution in [-0.2, 0) is 6.54 Å². The van der Waals surface area contributed by atoms with Gasteiger partial charge >= 0.3 is 6.03 Å². The van der Waals surface area contributed by atoms with Gasteiger partial charge in [-0.15, -0.1) is 11.3 Å². The summed E-state index contributed by atoms with van der Waals surface area (Å²) in [5, 5.41) is 5.14. The number of hydrogen-bond donors (Lipinski definition) is 1. The number of nitrogens with one attached hydrogen (secondary N) is 1. The molecule has 1 N–H and O–H groups in total. The van der Waals surface area contributed by atoms with E-state index in [2.05, 4.69) is 45.7 Å². The average Bonchev–Trinajstić information content (AvgIpc) is 3.46. The number of hydrogen-bond acceptors (Lipinski definition) is 3. The van der Waals surface area contributed by atoms with Crippen LogP contribution in [0.4, 0.5) is 10.5 Å². The largest absolute Gasteiger partial charge is 0.494 e. The Morgan fingerprint density at radius 2 is 1.90 bits per heavy atom. The number of anilines is 1. The van der Waals surface area contributed by atoms with E-state index >= 15 is 0 Å². The van der Waals surface area contributed by atoms with Crippen LogP contribution in [0.1, 0.15) is 29.1 Å². The van der Waals surface area contributed by atoms with Crippen LogP contribution >= 0.6 is 11.3 Å². The normalized spacial score (nSPS) is 15.0. The summed E-state index contributed by atoms with van der Waals surface area (Å²) >= 11 is 1.67. The number of amides is 2. The molecule has 0 spiro atoms. The van der Waals surface area contributed by atoms with Crippen molar-refractivity contribution in [2.45, 2.75) is 19.5 Å². The van der Waals surface area contributed by atoms with Gasteiger partial charge in [0.2, 0.25) is 0 Å². The molecule has 0 aliphatic carbocycles. The van der Waals surface area contributed by atoms with Crippen molar-refractivity contribution in [1.29, 1.82) is 0 Å². The van der Waals surface area contributed by atoms with E-state index < -0.39 is 0 Å². The molecule has 31 heavy (non-hydrogen) atoms. The number of benzene rings is 2. The van der Waals surface area contributed by atoms with Crippen molar-refractivity contribution in [3.63, 3.8) is 0 Å². The fraction of sp³-hybridized carbons (Fsp3) is 0.160. The van der Waals surface area contributed by atoms with Crippen LogP contribution in [0.5, 0.6) is 5.75 Å². The third-order valence-electron chi connectivity index (χ3n) is 5.45. The van der Waals surface area contributed by atoms with Crippen molar-refractivity contribution in [3.05, 3.63) is 101 Å². The van der Waals surface area contributed by atoms with Crippen LogP contribution in [0, 0.1) is 0 Å². The Hall–Kier alpha value is -3.51. The second kappa shape index (κ2) is 8.32. The summed E-state index contributed by atoms with van der Waals surface area (Å²) in [4.78, 5) is 16.6. The lowest BCUT2D eigenvalue weighted by molar-refractivity contribution is 0.195. The second-order valence-electron chi connectivity index (χ2n) is 7.37. The van der Waals surface area contributed by atoms with Crippen LogP contribution in [-0.4, -0.2) is 22.1 Å². The van der Waals surface area contributed by atoms with E-state index in [1.807, 2.05) is 60.4 Å².